The molecule has 1 atom stereocenters. The Bertz CT molecular complexity index is 202. The molecule has 0 heterocycles. The molecular formula is C10H20N2O2. The van der Waals surface area contributed by atoms with Crippen molar-refractivity contribution in [2.45, 2.75) is 46.1 Å². The lowest BCUT2D eigenvalue weighted by molar-refractivity contribution is -0.131. The molecule has 3 N–H and O–H groups in total. The van der Waals surface area contributed by atoms with E-state index in [1.807, 2.05) is 20.8 Å². The van der Waals surface area contributed by atoms with Crippen LogP contribution in [0.3, 0.4) is 0 Å². The van der Waals surface area contributed by atoms with E-state index in [0.717, 1.165) is 6.42 Å². The standard InChI is InChI=1S/C10H20N2O2/c1-4-5-9(13)12-10(14)8(11)6-7(2)3/h7-8H,4-6,11H2,1-3H3,(H,12,13,14)/t8-/m0/s1. The van der Waals surface area contributed by atoms with Crippen LogP contribution in [0, 0.1) is 5.92 Å². The maximum Gasteiger partial charge on any atom is 0.243 e. The maximum atomic E-state index is 11.3. The number of imide groups is 1. The van der Waals surface area contributed by atoms with E-state index in [1.54, 1.807) is 0 Å². The summed E-state index contributed by atoms with van der Waals surface area (Å²) in [4.78, 5) is 22.4. The minimum absolute atomic E-state index is 0.239. The smallest absolute Gasteiger partial charge is 0.243 e. The number of nitrogens with two attached hydrogens (primary N) is 1. The topological polar surface area (TPSA) is 72.2 Å². The Balaban J connectivity index is 3.89. The molecule has 4 nitrogen and oxygen atoms in total. The molecule has 0 aliphatic heterocycles. The monoisotopic (exact) mass is 200 g/mol. The summed E-state index contributed by atoms with van der Waals surface area (Å²) in [7, 11) is 0. The Kier molecular flexibility index (Phi) is 6.12. The Morgan fingerprint density at radius 3 is 2.36 bits per heavy atom. The first-order chi connectivity index (χ1) is 6.47. The molecule has 0 rings (SSSR count). The van der Waals surface area contributed by atoms with Gasteiger partial charge in [0.05, 0.1) is 6.04 Å². The first-order valence-electron chi connectivity index (χ1n) is 5.06. The number of carbonyl (C=O) groups is 2. The van der Waals surface area contributed by atoms with Crippen LogP contribution in [-0.4, -0.2) is 17.9 Å². The van der Waals surface area contributed by atoms with Crippen molar-refractivity contribution in [3.8, 4) is 0 Å². The van der Waals surface area contributed by atoms with Crippen LogP contribution in [-0.2, 0) is 9.59 Å². The maximum absolute atomic E-state index is 11.3. The molecule has 0 aliphatic carbocycles. The summed E-state index contributed by atoms with van der Waals surface area (Å²) in [6, 6.07) is -0.573. The second-order valence-corrected chi connectivity index (χ2v) is 3.90. The second kappa shape index (κ2) is 6.54. The van der Waals surface area contributed by atoms with Gasteiger partial charge in [-0.1, -0.05) is 20.8 Å². The molecule has 0 fully saturated rings. The molecule has 0 aromatic rings. The summed E-state index contributed by atoms with van der Waals surface area (Å²) in [5.41, 5.74) is 5.60. The van der Waals surface area contributed by atoms with Crippen molar-refractivity contribution in [3.63, 3.8) is 0 Å². The van der Waals surface area contributed by atoms with E-state index in [-0.39, 0.29) is 11.8 Å². The van der Waals surface area contributed by atoms with Crippen molar-refractivity contribution >= 4 is 11.8 Å². The lowest BCUT2D eigenvalue weighted by Crippen LogP contribution is -2.43. The van der Waals surface area contributed by atoms with Gasteiger partial charge in [-0.2, -0.15) is 0 Å². The van der Waals surface area contributed by atoms with Gasteiger partial charge in [0, 0.05) is 6.42 Å². The quantitative estimate of drug-likeness (QED) is 0.689. The Morgan fingerprint density at radius 1 is 1.36 bits per heavy atom. The number of hydrogen-bond donors (Lipinski definition) is 2. The van der Waals surface area contributed by atoms with Gasteiger partial charge in [0.1, 0.15) is 0 Å². The summed E-state index contributed by atoms with van der Waals surface area (Å²) >= 11 is 0. The van der Waals surface area contributed by atoms with Gasteiger partial charge in [-0.25, -0.2) is 0 Å². The fraction of sp³-hybridized carbons (Fsp3) is 0.800. The molecule has 0 bridgehead atoms. The van der Waals surface area contributed by atoms with Crippen LogP contribution < -0.4 is 11.1 Å². The Morgan fingerprint density at radius 2 is 1.93 bits per heavy atom. The first-order valence-corrected chi connectivity index (χ1v) is 5.06. The predicted octanol–water partition coefficient (Wildman–Crippen LogP) is 0.803. The predicted molar refractivity (Wildman–Crippen MR) is 55.5 cm³/mol. The molecule has 0 radical (unpaired) electrons. The van der Waals surface area contributed by atoms with E-state index in [1.165, 1.54) is 0 Å². The molecule has 0 aromatic heterocycles. The number of rotatable bonds is 5. The van der Waals surface area contributed by atoms with E-state index in [2.05, 4.69) is 5.32 Å². The molecule has 0 saturated heterocycles. The van der Waals surface area contributed by atoms with Crippen molar-refractivity contribution < 1.29 is 9.59 Å². The molecular weight excluding hydrogens is 180 g/mol. The summed E-state index contributed by atoms with van der Waals surface area (Å²) in [5.74, 6) is -0.245. The highest BCUT2D eigenvalue weighted by molar-refractivity contribution is 5.97. The zero-order valence-corrected chi connectivity index (χ0v) is 9.17. The van der Waals surface area contributed by atoms with Gasteiger partial charge < -0.3 is 5.73 Å². The molecule has 14 heavy (non-hydrogen) atoms. The Labute approximate surface area is 85.2 Å². The average Bonchev–Trinajstić information content (AvgIpc) is 2.02. The number of carbonyl (C=O) groups excluding carboxylic acids is 2. The van der Waals surface area contributed by atoms with E-state index in [0.29, 0.717) is 18.8 Å². The second-order valence-electron chi connectivity index (χ2n) is 3.90. The van der Waals surface area contributed by atoms with Crippen LogP contribution in [0.25, 0.3) is 0 Å². The van der Waals surface area contributed by atoms with E-state index in [9.17, 15) is 9.59 Å². The minimum Gasteiger partial charge on any atom is -0.320 e. The fourth-order valence-corrected chi connectivity index (χ4v) is 1.13. The molecule has 0 unspecified atom stereocenters. The lowest BCUT2D eigenvalue weighted by atomic mass is 10.0. The number of nitrogens with one attached hydrogen (secondary N) is 1. The van der Waals surface area contributed by atoms with Gasteiger partial charge in [0.25, 0.3) is 0 Å². The van der Waals surface area contributed by atoms with Crippen LogP contribution in [0.15, 0.2) is 0 Å². The van der Waals surface area contributed by atoms with Crippen LogP contribution in [0.2, 0.25) is 0 Å². The van der Waals surface area contributed by atoms with Gasteiger partial charge in [-0.05, 0) is 18.8 Å². The van der Waals surface area contributed by atoms with Crippen LogP contribution in [0.1, 0.15) is 40.0 Å². The minimum atomic E-state index is -0.573. The average molecular weight is 200 g/mol. The summed E-state index contributed by atoms with van der Waals surface area (Å²) in [6.07, 6.45) is 1.71. The van der Waals surface area contributed by atoms with Crippen molar-refractivity contribution in [3.05, 3.63) is 0 Å². The van der Waals surface area contributed by atoms with E-state index in [4.69, 9.17) is 5.73 Å². The zero-order chi connectivity index (χ0) is 11.1. The van der Waals surface area contributed by atoms with Gasteiger partial charge >= 0.3 is 0 Å². The van der Waals surface area contributed by atoms with Crippen molar-refractivity contribution in [1.82, 2.24) is 5.32 Å². The molecule has 0 saturated carbocycles. The SMILES string of the molecule is CCCC(=O)NC(=O)[C@@H](N)CC(C)C. The van der Waals surface area contributed by atoms with Crippen molar-refractivity contribution in [1.29, 1.82) is 0 Å². The van der Waals surface area contributed by atoms with Crippen LogP contribution in [0.4, 0.5) is 0 Å². The summed E-state index contributed by atoms with van der Waals surface area (Å²) in [6.45, 7) is 5.86. The van der Waals surface area contributed by atoms with Crippen molar-refractivity contribution in [2.75, 3.05) is 0 Å². The van der Waals surface area contributed by atoms with Gasteiger partial charge in [-0.15, -0.1) is 0 Å². The molecule has 0 aliphatic rings. The van der Waals surface area contributed by atoms with Gasteiger partial charge in [-0.3, -0.25) is 14.9 Å². The van der Waals surface area contributed by atoms with Gasteiger partial charge in [0.15, 0.2) is 0 Å². The normalized spacial score (nSPS) is 12.6. The number of hydrogen-bond acceptors (Lipinski definition) is 3. The van der Waals surface area contributed by atoms with Crippen molar-refractivity contribution in [2.24, 2.45) is 11.7 Å². The Hall–Kier alpha value is -0.900. The third-order valence-electron chi connectivity index (χ3n) is 1.80. The highest BCUT2D eigenvalue weighted by Gasteiger charge is 2.16. The van der Waals surface area contributed by atoms with Crippen LogP contribution in [0.5, 0.6) is 0 Å². The summed E-state index contributed by atoms with van der Waals surface area (Å²) < 4.78 is 0. The highest BCUT2D eigenvalue weighted by atomic mass is 16.2. The molecule has 0 aromatic carbocycles. The molecule has 0 spiro atoms. The first kappa shape index (κ1) is 13.1. The highest BCUT2D eigenvalue weighted by Crippen LogP contribution is 2.02. The largest absolute Gasteiger partial charge is 0.320 e. The summed E-state index contributed by atoms with van der Waals surface area (Å²) in [5, 5.41) is 2.28. The lowest BCUT2D eigenvalue weighted by Gasteiger charge is -2.12. The third kappa shape index (κ3) is 5.70. The zero-order valence-electron chi connectivity index (χ0n) is 9.17. The van der Waals surface area contributed by atoms with Crippen LogP contribution >= 0.6 is 0 Å². The third-order valence-corrected chi connectivity index (χ3v) is 1.80. The van der Waals surface area contributed by atoms with Gasteiger partial charge in [0.2, 0.25) is 11.8 Å². The molecule has 82 valence electrons. The van der Waals surface area contributed by atoms with E-state index < -0.39 is 6.04 Å². The number of amides is 2. The molecule has 2 amide bonds. The fourth-order valence-electron chi connectivity index (χ4n) is 1.13. The van der Waals surface area contributed by atoms with E-state index >= 15 is 0 Å². The molecule has 4 heteroatoms.